The van der Waals surface area contributed by atoms with E-state index in [0.717, 1.165) is 0 Å². The summed E-state index contributed by atoms with van der Waals surface area (Å²) in [6.45, 7) is 4.20. The summed E-state index contributed by atoms with van der Waals surface area (Å²) in [4.78, 5) is 12.2. The molecule has 0 aliphatic carbocycles. The van der Waals surface area contributed by atoms with Gasteiger partial charge in [0.2, 0.25) is 0 Å². The monoisotopic (exact) mass is 303 g/mol. The van der Waals surface area contributed by atoms with Crippen LogP contribution in [0.3, 0.4) is 0 Å². The summed E-state index contributed by atoms with van der Waals surface area (Å²) < 4.78 is 15.6. The number of methoxy groups -OCH3 is 3. The van der Waals surface area contributed by atoms with E-state index in [2.05, 4.69) is 5.32 Å². The zero-order valence-electron chi connectivity index (χ0n) is 12.5. The minimum absolute atomic E-state index is 0. The molecule has 0 heterocycles. The fraction of sp³-hybridized carbons (Fsp3) is 0.500. The Morgan fingerprint density at radius 3 is 1.95 bits per heavy atom. The lowest BCUT2D eigenvalue weighted by molar-refractivity contribution is 0.0982. The predicted molar refractivity (Wildman–Crippen MR) is 80.8 cm³/mol. The van der Waals surface area contributed by atoms with Crippen molar-refractivity contribution in [2.45, 2.75) is 19.9 Å². The molecule has 1 aromatic rings. The molecule has 0 amide bonds. The summed E-state index contributed by atoms with van der Waals surface area (Å²) in [5, 5.41) is 3.08. The van der Waals surface area contributed by atoms with Gasteiger partial charge >= 0.3 is 0 Å². The molecule has 1 aromatic carbocycles. The van der Waals surface area contributed by atoms with Crippen LogP contribution in [-0.4, -0.2) is 39.7 Å². The zero-order valence-corrected chi connectivity index (χ0v) is 13.3. The Hall–Kier alpha value is -1.46. The van der Waals surface area contributed by atoms with Crippen LogP contribution in [0.2, 0.25) is 0 Å². The molecule has 0 spiro atoms. The van der Waals surface area contributed by atoms with Crippen LogP contribution in [0.4, 0.5) is 0 Å². The number of ether oxygens (including phenoxy) is 3. The maximum Gasteiger partial charge on any atom is 0.184 e. The first kappa shape index (κ1) is 18.5. The zero-order chi connectivity index (χ0) is 14.4. The molecule has 0 radical (unpaired) electrons. The van der Waals surface area contributed by atoms with Gasteiger partial charge in [-0.2, -0.15) is 0 Å². The molecule has 1 rings (SSSR count). The second-order valence-corrected chi connectivity index (χ2v) is 4.37. The summed E-state index contributed by atoms with van der Waals surface area (Å²) in [6.07, 6.45) is 0. The van der Waals surface area contributed by atoms with E-state index in [1.165, 1.54) is 14.2 Å². The number of hydrogen-bond acceptors (Lipinski definition) is 5. The molecule has 0 bridgehead atoms. The molecule has 5 nitrogen and oxygen atoms in total. The van der Waals surface area contributed by atoms with E-state index in [-0.39, 0.29) is 30.8 Å². The Kier molecular flexibility index (Phi) is 8.03. The van der Waals surface area contributed by atoms with E-state index in [9.17, 15) is 4.79 Å². The average Bonchev–Trinajstić information content (AvgIpc) is 2.42. The lowest BCUT2D eigenvalue weighted by Gasteiger charge is -2.15. The molecule has 0 saturated heterocycles. The normalized spacial score (nSPS) is 9.90. The molecular formula is C14H22ClNO4. The molecule has 0 saturated carbocycles. The van der Waals surface area contributed by atoms with E-state index < -0.39 is 0 Å². The third-order valence-corrected chi connectivity index (χ3v) is 2.66. The summed E-state index contributed by atoms with van der Waals surface area (Å²) in [5.41, 5.74) is 0.430. The van der Waals surface area contributed by atoms with Crippen molar-refractivity contribution in [1.29, 1.82) is 0 Å². The first-order chi connectivity index (χ1) is 9.03. The maximum absolute atomic E-state index is 12.2. The van der Waals surface area contributed by atoms with Gasteiger partial charge in [0.25, 0.3) is 0 Å². The molecule has 0 unspecified atom stereocenters. The van der Waals surface area contributed by atoms with Crippen molar-refractivity contribution in [3.05, 3.63) is 17.7 Å². The molecule has 20 heavy (non-hydrogen) atoms. The van der Waals surface area contributed by atoms with Crippen LogP contribution in [0.15, 0.2) is 12.1 Å². The molecule has 6 heteroatoms. The number of rotatable bonds is 7. The number of halogens is 1. The number of carbonyl (C=O) groups excluding carboxylic acids is 1. The molecule has 0 aliphatic heterocycles. The standard InChI is InChI=1S/C14H21NO4.ClH/c1-9(2)15-8-11(16)14-12(18-4)6-10(17-3)7-13(14)19-5;/h6-7,9,15H,8H2,1-5H3;1H. The second-order valence-electron chi connectivity index (χ2n) is 4.37. The Balaban J connectivity index is 0.00000361. The predicted octanol–water partition coefficient (Wildman–Crippen LogP) is 2.31. The Morgan fingerprint density at radius 2 is 1.60 bits per heavy atom. The van der Waals surface area contributed by atoms with Gasteiger partial charge in [-0.05, 0) is 0 Å². The SMILES string of the molecule is COc1cc(OC)c(C(=O)CNC(C)C)c(OC)c1.Cl. The Morgan fingerprint density at radius 1 is 1.10 bits per heavy atom. The van der Waals surface area contributed by atoms with E-state index >= 15 is 0 Å². The van der Waals surface area contributed by atoms with Crippen LogP contribution >= 0.6 is 12.4 Å². The molecule has 114 valence electrons. The highest BCUT2D eigenvalue weighted by molar-refractivity contribution is 6.03. The summed E-state index contributed by atoms with van der Waals surface area (Å²) in [5.74, 6) is 1.41. The third kappa shape index (κ3) is 4.58. The van der Waals surface area contributed by atoms with E-state index in [0.29, 0.717) is 22.8 Å². The van der Waals surface area contributed by atoms with Crippen molar-refractivity contribution in [2.24, 2.45) is 0 Å². The topological polar surface area (TPSA) is 56.8 Å². The number of carbonyl (C=O) groups is 1. The Bertz CT molecular complexity index is 424. The van der Waals surface area contributed by atoms with Gasteiger partial charge in [0.1, 0.15) is 22.8 Å². The minimum atomic E-state index is -0.0787. The van der Waals surface area contributed by atoms with Crippen LogP contribution in [0.1, 0.15) is 24.2 Å². The third-order valence-electron chi connectivity index (χ3n) is 2.66. The van der Waals surface area contributed by atoms with Gasteiger partial charge < -0.3 is 19.5 Å². The number of ketones is 1. The lowest BCUT2D eigenvalue weighted by atomic mass is 10.1. The first-order valence-corrected chi connectivity index (χ1v) is 6.10. The minimum Gasteiger partial charge on any atom is -0.496 e. The van der Waals surface area contributed by atoms with Crippen molar-refractivity contribution in [3.63, 3.8) is 0 Å². The summed E-state index contributed by atoms with van der Waals surface area (Å²) in [6, 6.07) is 3.58. The van der Waals surface area contributed by atoms with Gasteiger partial charge in [-0.25, -0.2) is 0 Å². The number of benzene rings is 1. The molecule has 1 N–H and O–H groups in total. The van der Waals surface area contributed by atoms with E-state index in [4.69, 9.17) is 14.2 Å². The fourth-order valence-corrected chi connectivity index (χ4v) is 1.67. The van der Waals surface area contributed by atoms with Gasteiger partial charge in [0, 0.05) is 18.2 Å². The summed E-state index contributed by atoms with van der Waals surface area (Å²) >= 11 is 0. The summed E-state index contributed by atoms with van der Waals surface area (Å²) in [7, 11) is 4.58. The van der Waals surface area contributed by atoms with Gasteiger partial charge in [-0.15, -0.1) is 12.4 Å². The van der Waals surface area contributed by atoms with Crippen molar-refractivity contribution < 1.29 is 19.0 Å². The number of hydrogen-bond donors (Lipinski definition) is 1. The number of nitrogens with one attached hydrogen (secondary N) is 1. The van der Waals surface area contributed by atoms with Crippen molar-refractivity contribution in [3.8, 4) is 17.2 Å². The van der Waals surface area contributed by atoms with Crippen LogP contribution in [0.25, 0.3) is 0 Å². The molecular weight excluding hydrogens is 282 g/mol. The van der Waals surface area contributed by atoms with Gasteiger partial charge in [-0.1, -0.05) is 13.8 Å². The van der Waals surface area contributed by atoms with Gasteiger partial charge in [0.15, 0.2) is 5.78 Å². The number of Topliss-reactive ketones (excluding diaryl/α,β-unsaturated/α-hetero) is 1. The molecule has 0 aromatic heterocycles. The maximum atomic E-state index is 12.2. The highest BCUT2D eigenvalue weighted by Crippen LogP contribution is 2.34. The van der Waals surface area contributed by atoms with Crippen LogP contribution < -0.4 is 19.5 Å². The fourth-order valence-electron chi connectivity index (χ4n) is 1.67. The van der Waals surface area contributed by atoms with Crippen molar-refractivity contribution in [2.75, 3.05) is 27.9 Å². The van der Waals surface area contributed by atoms with Gasteiger partial charge in [-0.3, -0.25) is 4.79 Å². The van der Waals surface area contributed by atoms with Crippen molar-refractivity contribution >= 4 is 18.2 Å². The highest BCUT2D eigenvalue weighted by Gasteiger charge is 2.20. The van der Waals surface area contributed by atoms with Crippen molar-refractivity contribution in [1.82, 2.24) is 5.32 Å². The second kappa shape index (κ2) is 8.66. The van der Waals surface area contributed by atoms with Crippen LogP contribution in [-0.2, 0) is 0 Å². The molecule has 0 atom stereocenters. The molecule has 0 aliphatic rings. The smallest absolute Gasteiger partial charge is 0.184 e. The quantitative estimate of drug-likeness (QED) is 0.783. The van der Waals surface area contributed by atoms with Crippen LogP contribution in [0.5, 0.6) is 17.2 Å². The first-order valence-electron chi connectivity index (χ1n) is 6.10. The largest absolute Gasteiger partial charge is 0.496 e. The van der Waals surface area contributed by atoms with E-state index in [1.54, 1.807) is 19.2 Å². The Labute approximate surface area is 126 Å². The van der Waals surface area contributed by atoms with Gasteiger partial charge in [0.05, 0.1) is 27.9 Å². The average molecular weight is 304 g/mol. The lowest BCUT2D eigenvalue weighted by Crippen LogP contribution is -2.29. The highest BCUT2D eigenvalue weighted by atomic mass is 35.5. The molecule has 0 fully saturated rings. The van der Waals surface area contributed by atoms with Crippen LogP contribution in [0, 0.1) is 0 Å². The van der Waals surface area contributed by atoms with E-state index in [1.807, 2.05) is 13.8 Å².